The van der Waals surface area contributed by atoms with Gasteiger partial charge in [0.25, 0.3) is 0 Å². The predicted molar refractivity (Wildman–Crippen MR) is 127 cm³/mol. The third-order valence-electron chi connectivity index (χ3n) is 4.17. The zero-order valence-electron chi connectivity index (χ0n) is 18.3. The average molecular weight is 385 g/mol. The summed E-state index contributed by atoms with van der Waals surface area (Å²) in [4.78, 5) is 9.71. The maximum absolute atomic E-state index is 4.87. The lowest BCUT2D eigenvalue weighted by atomic mass is 10.1. The smallest absolute Gasteiger partial charge is 0.160 e. The van der Waals surface area contributed by atoms with Crippen LogP contribution in [0.5, 0.6) is 0 Å². The molecule has 0 spiro atoms. The highest BCUT2D eigenvalue weighted by molar-refractivity contribution is 5.76. The number of aromatic nitrogens is 2. The summed E-state index contributed by atoms with van der Waals surface area (Å²) in [6, 6.07) is 20.7. The van der Waals surface area contributed by atoms with Gasteiger partial charge in [0, 0.05) is 11.1 Å². The summed E-state index contributed by atoms with van der Waals surface area (Å²) in [6.07, 6.45) is 8.58. The van der Waals surface area contributed by atoms with Gasteiger partial charge < -0.3 is 0 Å². The maximum atomic E-state index is 4.87. The zero-order valence-corrected chi connectivity index (χ0v) is 18.3. The van der Waals surface area contributed by atoms with Crippen molar-refractivity contribution >= 4 is 5.57 Å². The summed E-state index contributed by atoms with van der Waals surface area (Å²) in [7, 11) is 0. The van der Waals surface area contributed by atoms with Crippen molar-refractivity contribution < 1.29 is 0 Å². The van der Waals surface area contributed by atoms with Crippen LogP contribution in [0.2, 0.25) is 0 Å². The molecule has 150 valence electrons. The number of nitrogens with zero attached hydrogens (tertiary/aromatic N) is 2. The van der Waals surface area contributed by atoms with Crippen molar-refractivity contribution in [2.75, 3.05) is 0 Å². The molecule has 0 unspecified atom stereocenters. The second-order valence-electron chi connectivity index (χ2n) is 6.97. The summed E-state index contributed by atoms with van der Waals surface area (Å²) in [6.45, 7) is 10.5. The van der Waals surface area contributed by atoms with E-state index in [0.717, 1.165) is 40.3 Å². The summed E-state index contributed by atoms with van der Waals surface area (Å²) >= 11 is 0. The molecule has 0 amide bonds. The van der Waals surface area contributed by atoms with Crippen LogP contribution >= 0.6 is 0 Å². The Morgan fingerprint density at radius 2 is 1.52 bits per heavy atom. The maximum Gasteiger partial charge on any atom is 0.160 e. The molecule has 2 aromatic carbocycles. The van der Waals surface area contributed by atoms with Crippen LogP contribution in [0.3, 0.4) is 0 Å². The largest absolute Gasteiger partial charge is 0.228 e. The molecule has 0 N–H and O–H groups in total. The lowest BCUT2D eigenvalue weighted by Crippen LogP contribution is -1.98. The van der Waals surface area contributed by atoms with Crippen molar-refractivity contribution in [1.29, 1.82) is 0 Å². The van der Waals surface area contributed by atoms with Gasteiger partial charge >= 0.3 is 0 Å². The fraction of sp³-hybridized carbons (Fsp3) is 0.259. The summed E-state index contributed by atoms with van der Waals surface area (Å²) in [5, 5.41) is 0. The van der Waals surface area contributed by atoms with Crippen LogP contribution in [0.1, 0.15) is 51.8 Å². The Kier molecular flexibility index (Phi) is 9.04. The molecule has 1 aromatic heterocycles. The van der Waals surface area contributed by atoms with Gasteiger partial charge in [-0.3, -0.25) is 0 Å². The molecule has 0 radical (unpaired) electrons. The number of aryl methyl sites for hydroxylation is 1. The molecule has 0 atom stereocenters. The van der Waals surface area contributed by atoms with Gasteiger partial charge in [0.05, 0.1) is 11.4 Å². The van der Waals surface area contributed by atoms with Crippen molar-refractivity contribution in [3.63, 3.8) is 0 Å². The van der Waals surface area contributed by atoms with Gasteiger partial charge in [-0.1, -0.05) is 106 Å². The molecule has 3 rings (SSSR count). The fourth-order valence-corrected chi connectivity index (χ4v) is 2.84. The van der Waals surface area contributed by atoms with Crippen molar-refractivity contribution in [2.24, 2.45) is 0 Å². The van der Waals surface area contributed by atoms with Crippen LogP contribution < -0.4 is 0 Å². The highest BCUT2D eigenvalue weighted by Crippen LogP contribution is 2.26. The van der Waals surface area contributed by atoms with Gasteiger partial charge in [-0.05, 0) is 31.9 Å². The van der Waals surface area contributed by atoms with Crippen molar-refractivity contribution in [3.05, 3.63) is 90.1 Å². The highest BCUT2D eigenvalue weighted by Gasteiger charge is 2.10. The number of benzene rings is 2. The molecule has 2 heteroatoms. The van der Waals surface area contributed by atoms with E-state index in [9.17, 15) is 0 Å². The first-order valence-electron chi connectivity index (χ1n) is 10.5. The summed E-state index contributed by atoms with van der Waals surface area (Å²) in [5.74, 6) is 0.757. The van der Waals surface area contributed by atoms with Crippen LogP contribution in [0.15, 0.2) is 78.9 Å². The molecular weight excluding hydrogens is 352 g/mol. The van der Waals surface area contributed by atoms with E-state index < -0.39 is 0 Å². The van der Waals surface area contributed by atoms with E-state index in [1.807, 2.05) is 25.1 Å². The van der Waals surface area contributed by atoms with Gasteiger partial charge in [0.15, 0.2) is 5.82 Å². The van der Waals surface area contributed by atoms with E-state index in [0.29, 0.717) is 0 Å². The standard InChI is InChI=1S/C24H24N2.C3H8/c1-4-9-19(10-5-2)22-17-23(20-11-7-6-8-12-20)26-24(25-22)21-15-13-18(3)14-16-21;1-3-2/h4,6-17H,5H2,1-3H3;3H2,1-2H3/b9-4-,19-10+;. The summed E-state index contributed by atoms with van der Waals surface area (Å²) < 4.78 is 0. The van der Waals surface area contributed by atoms with Gasteiger partial charge in [-0.15, -0.1) is 0 Å². The minimum Gasteiger partial charge on any atom is -0.228 e. The SMILES string of the molecule is C/C=C\C(=C/CC)c1cc(-c2ccccc2)nc(-c2ccc(C)cc2)n1.CCC. The Balaban J connectivity index is 0.000000941. The van der Waals surface area contributed by atoms with Crippen molar-refractivity contribution in [2.45, 2.75) is 47.5 Å². The van der Waals surface area contributed by atoms with E-state index in [1.54, 1.807) is 0 Å². The van der Waals surface area contributed by atoms with Gasteiger partial charge in [-0.2, -0.15) is 0 Å². The van der Waals surface area contributed by atoms with Crippen molar-refractivity contribution in [3.8, 4) is 22.6 Å². The molecule has 0 fully saturated rings. The molecule has 0 aliphatic rings. The van der Waals surface area contributed by atoms with E-state index in [2.05, 4.69) is 88.4 Å². The molecule has 0 bridgehead atoms. The van der Waals surface area contributed by atoms with Crippen LogP contribution in [0, 0.1) is 6.92 Å². The van der Waals surface area contributed by atoms with Gasteiger partial charge in [0.1, 0.15) is 0 Å². The molecule has 0 aliphatic carbocycles. The third kappa shape index (κ3) is 6.53. The number of rotatable bonds is 5. The normalized spacial score (nSPS) is 11.3. The lowest BCUT2D eigenvalue weighted by Gasteiger charge is -2.10. The molecule has 0 saturated heterocycles. The van der Waals surface area contributed by atoms with Crippen LogP contribution in [-0.2, 0) is 0 Å². The van der Waals surface area contributed by atoms with E-state index in [4.69, 9.17) is 9.97 Å². The molecule has 2 nitrogen and oxygen atoms in total. The first kappa shape index (κ1) is 22.3. The zero-order chi connectivity index (χ0) is 21.1. The Morgan fingerprint density at radius 3 is 2.10 bits per heavy atom. The second-order valence-corrected chi connectivity index (χ2v) is 6.97. The minimum atomic E-state index is 0.757. The number of allylic oxidation sites excluding steroid dienone is 4. The third-order valence-corrected chi connectivity index (χ3v) is 4.17. The fourth-order valence-electron chi connectivity index (χ4n) is 2.84. The topological polar surface area (TPSA) is 25.8 Å². The second kappa shape index (κ2) is 11.8. The van der Waals surface area contributed by atoms with Crippen molar-refractivity contribution in [1.82, 2.24) is 9.97 Å². The lowest BCUT2D eigenvalue weighted by molar-refractivity contribution is 1.09. The highest BCUT2D eigenvalue weighted by atomic mass is 14.9. The first-order chi connectivity index (χ1) is 14.1. The molecule has 1 heterocycles. The Hall–Kier alpha value is -3.00. The van der Waals surface area contributed by atoms with Crippen LogP contribution in [0.25, 0.3) is 28.2 Å². The molecule has 0 saturated carbocycles. The predicted octanol–water partition coefficient (Wildman–Crippen LogP) is 7.90. The minimum absolute atomic E-state index is 0.757. The van der Waals surface area contributed by atoms with Crippen LogP contribution in [-0.4, -0.2) is 9.97 Å². The number of hydrogen-bond acceptors (Lipinski definition) is 2. The molecule has 29 heavy (non-hydrogen) atoms. The van der Waals surface area contributed by atoms with Gasteiger partial charge in [-0.25, -0.2) is 9.97 Å². The monoisotopic (exact) mass is 384 g/mol. The molecule has 0 aliphatic heterocycles. The summed E-state index contributed by atoms with van der Waals surface area (Å²) in [5.41, 5.74) is 6.38. The Morgan fingerprint density at radius 1 is 0.862 bits per heavy atom. The first-order valence-corrected chi connectivity index (χ1v) is 10.5. The number of hydrogen-bond donors (Lipinski definition) is 0. The quantitative estimate of drug-likeness (QED) is 0.418. The average Bonchev–Trinajstić information content (AvgIpc) is 2.75. The Labute approximate surface area is 176 Å². The van der Waals surface area contributed by atoms with Gasteiger partial charge in [0.2, 0.25) is 0 Å². The molecule has 3 aromatic rings. The molecular formula is C27H32N2. The van der Waals surface area contributed by atoms with Crippen LogP contribution in [0.4, 0.5) is 0 Å². The van der Waals surface area contributed by atoms with E-state index >= 15 is 0 Å². The van der Waals surface area contributed by atoms with E-state index in [-0.39, 0.29) is 0 Å². The van der Waals surface area contributed by atoms with E-state index in [1.165, 1.54) is 12.0 Å². The Bertz CT molecular complexity index is 936.